The van der Waals surface area contributed by atoms with E-state index in [1.54, 1.807) is 16.4 Å². The van der Waals surface area contributed by atoms with Crippen molar-refractivity contribution in [1.82, 2.24) is 20.2 Å². The van der Waals surface area contributed by atoms with Gasteiger partial charge in [-0.1, -0.05) is 78.5 Å². The molecule has 8 nitrogen and oxygen atoms in total. The van der Waals surface area contributed by atoms with Crippen LogP contribution in [0, 0.1) is 0 Å². The maximum absolute atomic E-state index is 9.40. The Morgan fingerprint density at radius 2 is 1.63 bits per heavy atom. The average Bonchev–Trinajstić information content (AvgIpc) is 3.41. The van der Waals surface area contributed by atoms with Crippen molar-refractivity contribution in [3.63, 3.8) is 0 Å². The molecular weight excluding hydrogens is 462 g/mol. The summed E-state index contributed by atoms with van der Waals surface area (Å²) in [6, 6.07) is 25.7. The van der Waals surface area contributed by atoms with Gasteiger partial charge in [0.1, 0.15) is 0 Å². The fraction of sp³-hybridized carbons (Fsp3) is 0.269. The second-order valence-corrected chi connectivity index (χ2v) is 9.30. The number of hydrogen-bond donors (Lipinski definition) is 2. The third kappa shape index (κ3) is 5.61. The summed E-state index contributed by atoms with van der Waals surface area (Å²) in [4.78, 5) is 0. The maximum Gasteiger partial charge on any atom is 0.214 e. The summed E-state index contributed by atoms with van der Waals surface area (Å²) in [6.45, 7) is 0.502. The Balaban J connectivity index is 1.35. The van der Waals surface area contributed by atoms with Crippen LogP contribution in [0.1, 0.15) is 41.1 Å². The highest BCUT2D eigenvalue weighted by Gasteiger charge is 2.32. The van der Waals surface area contributed by atoms with E-state index in [4.69, 9.17) is 15.2 Å². The summed E-state index contributed by atoms with van der Waals surface area (Å²) in [7, 11) is 0. The zero-order valence-corrected chi connectivity index (χ0v) is 19.9. The van der Waals surface area contributed by atoms with Crippen LogP contribution in [0.2, 0.25) is 0 Å². The lowest BCUT2D eigenvalue weighted by Crippen LogP contribution is -2.31. The van der Waals surface area contributed by atoms with E-state index >= 15 is 0 Å². The van der Waals surface area contributed by atoms with Gasteiger partial charge >= 0.3 is 0 Å². The number of aliphatic hydroxyl groups is 1. The van der Waals surface area contributed by atoms with Crippen molar-refractivity contribution < 1.29 is 14.6 Å². The third-order valence-electron chi connectivity index (χ3n) is 5.94. The normalized spacial score (nSPS) is 20.1. The number of aliphatic hydroxyl groups excluding tert-OH is 1. The Kier molecular flexibility index (Phi) is 7.51. The molecule has 0 saturated carbocycles. The number of ether oxygens (including phenoxy) is 2. The van der Waals surface area contributed by atoms with Crippen molar-refractivity contribution in [2.24, 2.45) is 5.73 Å². The number of hydrogen-bond acceptors (Lipinski definition) is 8. The minimum absolute atomic E-state index is 0.0143. The molecule has 3 N–H and O–H groups in total. The molecule has 35 heavy (non-hydrogen) atoms. The van der Waals surface area contributed by atoms with Crippen molar-refractivity contribution in [2.45, 2.75) is 43.2 Å². The Morgan fingerprint density at radius 1 is 0.914 bits per heavy atom. The van der Waals surface area contributed by atoms with Crippen molar-refractivity contribution in [3.8, 4) is 5.69 Å². The summed E-state index contributed by atoms with van der Waals surface area (Å²) in [5.41, 5.74) is 10.6. The van der Waals surface area contributed by atoms with Crippen LogP contribution in [-0.4, -0.2) is 37.2 Å². The van der Waals surface area contributed by atoms with E-state index in [1.165, 1.54) is 0 Å². The van der Waals surface area contributed by atoms with Crippen LogP contribution >= 0.6 is 11.8 Å². The van der Waals surface area contributed by atoms with Crippen LogP contribution in [0.3, 0.4) is 0 Å². The van der Waals surface area contributed by atoms with Crippen LogP contribution in [0.15, 0.2) is 84.0 Å². The number of aromatic nitrogens is 4. The first kappa shape index (κ1) is 23.7. The summed E-state index contributed by atoms with van der Waals surface area (Å²) < 4.78 is 14.5. The molecule has 0 spiro atoms. The molecule has 3 atom stereocenters. The van der Waals surface area contributed by atoms with E-state index in [-0.39, 0.29) is 18.8 Å². The Bertz CT molecular complexity index is 1160. The SMILES string of the molecule is NCc1ccc([C@@H]2O[C@H](CSc3nnnn3-c3ccccc3)C[C@H](c3ccc(CO)cc3)O2)cc1. The van der Waals surface area contributed by atoms with Crippen molar-refractivity contribution in [2.75, 3.05) is 5.75 Å². The van der Waals surface area contributed by atoms with E-state index in [2.05, 4.69) is 15.5 Å². The van der Waals surface area contributed by atoms with Crippen molar-refractivity contribution >= 4 is 11.8 Å². The van der Waals surface area contributed by atoms with Crippen LogP contribution in [0.25, 0.3) is 5.69 Å². The van der Waals surface area contributed by atoms with E-state index in [1.807, 2.05) is 78.9 Å². The standard InChI is InChI=1S/C26H27N5O3S/c27-15-18-6-12-21(13-7-18)25-33-23(14-24(34-25)20-10-8-19(16-32)9-11-20)17-35-26-28-29-30-31(26)22-4-2-1-3-5-22/h1-13,23-25,32H,14-17,27H2/t23-,24+,25+/m0/s1. The highest BCUT2D eigenvalue weighted by molar-refractivity contribution is 7.99. The highest BCUT2D eigenvalue weighted by Crippen LogP contribution is 2.39. The van der Waals surface area contributed by atoms with Gasteiger partial charge in [-0.2, -0.15) is 4.68 Å². The molecule has 3 aromatic carbocycles. The third-order valence-corrected chi connectivity index (χ3v) is 6.99. The lowest BCUT2D eigenvalue weighted by atomic mass is 10.0. The summed E-state index contributed by atoms with van der Waals surface area (Å²) >= 11 is 1.56. The van der Waals surface area contributed by atoms with Gasteiger partial charge in [0, 0.05) is 24.3 Å². The number of benzene rings is 3. The monoisotopic (exact) mass is 489 g/mol. The van der Waals surface area contributed by atoms with Crippen LogP contribution < -0.4 is 5.73 Å². The first-order valence-electron chi connectivity index (χ1n) is 11.5. The number of para-hydroxylation sites is 1. The van der Waals surface area contributed by atoms with Gasteiger partial charge in [0.2, 0.25) is 5.16 Å². The molecule has 0 bridgehead atoms. The van der Waals surface area contributed by atoms with Gasteiger partial charge in [-0.25, -0.2) is 0 Å². The topological polar surface area (TPSA) is 108 Å². The Hall–Kier alpha value is -3.08. The van der Waals surface area contributed by atoms with Gasteiger partial charge in [-0.15, -0.1) is 5.10 Å². The Labute approximate surface area is 208 Å². The van der Waals surface area contributed by atoms with Crippen molar-refractivity contribution in [1.29, 1.82) is 0 Å². The predicted molar refractivity (Wildman–Crippen MR) is 133 cm³/mol. The smallest absolute Gasteiger partial charge is 0.214 e. The number of nitrogens with two attached hydrogens (primary N) is 1. The molecule has 0 aliphatic carbocycles. The molecule has 9 heteroatoms. The highest BCUT2D eigenvalue weighted by atomic mass is 32.2. The molecular formula is C26H27N5O3S. The largest absolute Gasteiger partial charge is 0.392 e. The average molecular weight is 490 g/mol. The molecule has 2 heterocycles. The van der Waals surface area contributed by atoms with Crippen LogP contribution in [0.4, 0.5) is 0 Å². The molecule has 1 fully saturated rings. The van der Waals surface area contributed by atoms with E-state index in [9.17, 15) is 5.11 Å². The summed E-state index contributed by atoms with van der Waals surface area (Å²) in [6.07, 6.45) is -0.0490. The quantitative estimate of drug-likeness (QED) is 0.358. The first-order chi connectivity index (χ1) is 17.2. The molecule has 0 radical (unpaired) electrons. The van der Waals surface area contributed by atoms with Gasteiger partial charge in [-0.3, -0.25) is 0 Å². The molecule has 4 aromatic rings. The minimum Gasteiger partial charge on any atom is -0.392 e. The lowest BCUT2D eigenvalue weighted by Gasteiger charge is -2.36. The summed E-state index contributed by atoms with van der Waals surface area (Å²) in [5.74, 6) is 0.666. The summed E-state index contributed by atoms with van der Waals surface area (Å²) in [5, 5.41) is 22.3. The molecule has 1 aliphatic heterocycles. The van der Waals surface area contributed by atoms with E-state index in [0.29, 0.717) is 23.9 Å². The maximum atomic E-state index is 9.40. The molecule has 0 unspecified atom stereocenters. The van der Waals surface area contributed by atoms with E-state index in [0.717, 1.165) is 27.9 Å². The predicted octanol–water partition coefficient (Wildman–Crippen LogP) is 3.95. The van der Waals surface area contributed by atoms with E-state index < -0.39 is 6.29 Å². The fourth-order valence-corrected chi connectivity index (χ4v) is 4.91. The molecule has 180 valence electrons. The van der Waals surface area contributed by atoms with Crippen molar-refractivity contribution in [3.05, 3.63) is 101 Å². The number of rotatable bonds is 8. The second-order valence-electron chi connectivity index (χ2n) is 8.32. The van der Waals surface area contributed by atoms with Gasteiger partial charge in [0.05, 0.1) is 24.5 Å². The second kappa shape index (κ2) is 11.1. The van der Waals surface area contributed by atoms with Crippen LogP contribution in [0.5, 0.6) is 0 Å². The minimum atomic E-state index is -0.506. The van der Waals surface area contributed by atoms with Gasteiger partial charge in [0.15, 0.2) is 6.29 Å². The zero-order valence-electron chi connectivity index (χ0n) is 19.1. The van der Waals surface area contributed by atoms with Gasteiger partial charge in [-0.05, 0) is 39.2 Å². The Morgan fingerprint density at radius 3 is 2.34 bits per heavy atom. The molecule has 1 saturated heterocycles. The fourth-order valence-electron chi connectivity index (χ4n) is 4.00. The van der Waals surface area contributed by atoms with Gasteiger partial charge in [0.25, 0.3) is 0 Å². The number of nitrogens with zero attached hydrogens (tertiary/aromatic N) is 4. The van der Waals surface area contributed by atoms with Gasteiger partial charge < -0.3 is 20.3 Å². The van der Waals surface area contributed by atoms with Crippen LogP contribution in [-0.2, 0) is 22.6 Å². The first-order valence-corrected chi connectivity index (χ1v) is 12.5. The number of thioether (sulfide) groups is 1. The zero-order chi connectivity index (χ0) is 24.0. The molecule has 5 rings (SSSR count). The lowest BCUT2D eigenvalue weighted by molar-refractivity contribution is -0.245. The molecule has 0 amide bonds. The molecule has 1 aromatic heterocycles. The number of tetrazole rings is 1. The molecule has 1 aliphatic rings.